The summed E-state index contributed by atoms with van der Waals surface area (Å²) in [5.74, 6) is 10.3. The van der Waals surface area contributed by atoms with Crippen LogP contribution in [0.15, 0.2) is 34.7 Å². The van der Waals surface area contributed by atoms with E-state index < -0.39 is 23.4 Å². The van der Waals surface area contributed by atoms with Gasteiger partial charge in [0.2, 0.25) is 0 Å². The van der Waals surface area contributed by atoms with E-state index in [1.54, 1.807) is 6.07 Å². The molecule has 1 aromatic heterocycles. The molecule has 1 aromatic carbocycles. The van der Waals surface area contributed by atoms with Crippen LogP contribution < -0.4 is 16.5 Å². The summed E-state index contributed by atoms with van der Waals surface area (Å²) in [5, 5.41) is 21.4. The maximum atomic E-state index is 12.4. The molecule has 2 amide bonds. The molecule has 2 aromatic rings. The number of hydrogen-bond acceptors (Lipinski definition) is 6. The standard InChI is InChI=1S/C22H23N3O5/c1-4-15-10-11-16(30-15)8-6-5-7-14-9-12-17(18(26)13-14)20(27)24-19(21(28)25-29)22(2,3)23/h9-13,19,26,29H,4,23H2,1-3H3,(H,24,27)(H,25,28)/t19-/m1/s1. The van der Waals surface area contributed by atoms with Gasteiger partial charge in [0.25, 0.3) is 11.8 Å². The van der Waals surface area contributed by atoms with Crippen molar-refractivity contribution in [3.63, 3.8) is 0 Å². The summed E-state index contributed by atoms with van der Waals surface area (Å²) in [7, 11) is 0. The highest BCUT2D eigenvalue weighted by Crippen LogP contribution is 2.19. The van der Waals surface area contributed by atoms with Gasteiger partial charge in [-0.3, -0.25) is 14.8 Å². The van der Waals surface area contributed by atoms with Gasteiger partial charge in [0.15, 0.2) is 5.76 Å². The molecule has 6 N–H and O–H groups in total. The second kappa shape index (κ2) is 9.66. The van der Waals surface area contributed by atoms with E-state index in [0.29, 0.717) is 11.3 Å². The Morgan fingerprint density at radius 2 is 1.90 bits per heavy atom. The van der Waals surface area contributed by atoms with Crippen LogP contribution in [0.5, 0.6) is 5.75 Å². The van der Waals surface area contributed by atoms with Gasteiger partial charge in [-0.05, 0) is 61.9 Å². The SMILES string of the molecule is CCc1ccc(C#CC#Cc2ccc(C(=O)N[C@H](C(=O)NO)C(C)(C)N)c(O)c2)o1. The van der Waals surface area contributed by atoms with Crippen LogP contribution in [-0.4, -0.2) is 33.7 Å². The van der Waals surface area contributed by atoms with Crippen LogP contribution >= 0.6 is 0 Å². The van der Waals surface area contributed by atoms with Crippen molar-refractivity contribution in [3.05, 3.63) is 53.0 Å². The number of nitrogens with two attached hydrogens (primary N) is 1. The van der Waals surface area contributed by atoms with E-state index in [0.717, 1.165) is 12.2 Å². The normalized spacial score (nSPS) is 11.4. The number of carbonyl (C=O) groups excluding carboxylic acids is 2. The Hall–Kier alpha value is -3.72. The van der Waals surface area contributed by atoms with Crippen molar-refractivity contribution in [2.24, 2.45) is 5.73 Å². The molecule has 0 saturated heterocycles. The number of amides is 2. The highest BCUT2D eigenvalue weighted by Gasteiger charge is 2.33. The number of hydrogen-bond donors (Lipinski definition) is 5. The Morgan fingerprint density at radius 1 is 1.20 bits per heavy atom. The average Bonchev–Trinajstić information content (AvgIpc) is 3.16. The topological polar surface area (TPSA) is 138 Å². The molecule has 0 spiro atoms. The lowest BCUT2D eigenvalue weighted by Gasteiger charge is -2.29. The second-order valence-electron chi connectivity index (χ2n) is 7.06. The molecule has 0 unspecified atom stereocenters. The molecule has 1 atom stereocenters. The number of aryl methyl sites for hydroxylation is 1. The van der Waals surface area contributed by atoms with Gasteiger partial charge in [0, 0.05) is 17.5 Å². The van der Waals surface area contributed by atoms with Gasteiger partial charge >= 0.3 is 0 Å². The lowest BCUT2D eigenvalue weighted by Crippen LogP contribution is -2.61. The zero-order valence-electron chi connectivity index (χ0n) is 16.9. The number of rotatable bonds is 5. The van der Waals surface area contributed by atoms with Gasteiger partial charge in [-0.2, -0.15) is 0 Å². The largest absolute Gasteiger partial charge is 0.507 e. The van der Waals surface area contributed by atoms with Crippen LogP contribution in [0.25, 0.3) is 0 Å². The van der Waals surface area contributed by atoms with E-state index in [4.69, 9.17) is 15.4 Å². The molecular formula is C22H23N3O5. The first-order chi connectivity index (χ1) is 14.2. The maximum absolute atomic E-state index is 12.4. The van der Waals surface area contributed by atoms with E-state index in [1.807, 2.05) is 13.0 Å². The van der Waals surface area contributed by atoms with Crippen molar-refractivity contribution >= 4 is 11.8 Å². The van der Waals surface area contributed by atoms with Gasteiger partial charge < -0.3 is 20.6 Å². The minimum Gasteiger partial charge on any atom is -0.507 e. The lowest BCUT2D eigenvalue weighted by atomic mass is 9.95. The number of nitrogens with one attached hydrogen (secondary N) is 2. The Bertz CT molecular complexity index is 1060. The third-order valence-electron chi connectivity index (χ3n) is 4.10. The monoisotopic (exact) mass is 409 g/mol. The van der Waals surface area contributed by atoms with Crippen LogP contribution in [0.4, 0.5) is 0 Å². The van der Waals surface area contributed by atoms with Crippen LogP contribution in [0.2, 0.25) is 0 Å². The summed E-state index contributed by atoms with van der Waals surface area (Å²) < 4.78 is 5.45. The maximum Gasteiger partial charge on any atom is 0.267 e. The highest BCUT2D eigenvalue weighted by molar-refractivity contribution is 6.00. The molecule has 0 bridgehead atoms. The Balaban J connectivity index is 2.13. The molecule has 2 rings (SSSR count). The predicted molar refractivity (Wildman–Crippen MR) is 109 cm³/mol. The van der Waals surface area contributed by atoms with Crippen molar-refractivity contribution in [3.8, 4) is 29.4 Å². The van der Waals surface area contributed by atoms with Crippen molar-refractivity contribution in [1.82, 2.24) is 10.8 Å². The summed E-state index contributed by atoms with van der Waals surface area (Å²) in [6.07, 6.45) is 0.779. The molecule has 1 heterocycles. The molecular weight excluding hydrogens is 386 g/mol. The van der Waals surface area contributed by atoms with Crippen molar-refractivity contribution < 1.29 is 24.3 Å². The molecule has 0 aliphatic heterocycles. The summed E-state index contributed by atoms with van der Waals surface area (Å²) in [5.41, 5.74) is 6.55. The molecule has 0 radical (unpaired) electrons. The zero-order chi connectivity index (χ0) is 22.3. The molecule has 8 heteroatoms. The van der Waals surface area contributed by atoms with E-state index >= 15 is 0 Å². The summed E-state index contributed by atoms with van der Waals surface area (Å²) in [6.45, 7) is 5.00. The average molecular weight is 409 g/mol. The van der Waals surface area contributed by atoms with Gasteiger partial charge in [-0.25, -0.2) is 5.48 Å². The third-order valence-corrected chi connectivity index (χ3v) is 4.10. The number of hydroxylamine groups is 1. The minimum absolute atomic E-state index is 0.0747. The summed E-state index contributed by atoms with van der Waals surface area (Å²) in [6, 6.07) is 6.58. The first-order valence-electron chi connectivity index (χ1n) is 9.13. The zero-order valence-corrected chi connectivity index (χ0v) is 16.9. The first kappa shape index (κ1) is 22.6. The first-order valence-corrected chi connectivity index (χ1v) is 9.13. The van der Waals surface area contributed by atoms with E-state index in [9.17, 15) is 14.7 Å². The van der Waals surface area contributed by atoms with Crippen LogP contribution in [-0.2, 0) is 11.2 Å². The van der Waals surface area contributed by atoms with Gasteiger partial charge in [0.05, 0.1) is 5.56 Å². The molecule has 30 heavy (non-hydrogen) atoms. The fourth-order valence-corrected chi connectivity index (χ4v) is 2.50. The summed E-state index contributed by atoms with van der Waals surface area (Å²) in [4.78, 5) is 24.2. The van der Waals surface area contributed by atoms with Crippen molar-refractivity contribution in [1.29, 1.82) is 0 Å². The van der Waals surface area contributed by atoms with Crippen LogP contribution in [0.3, 0.4) is 0 Å². The number of phenols is 1. The quantitative estimate of drug-likeness (QED) is 0.287. The molecule has 156 valence electrons. The number of aromatic hydroxyl groups is 1. The fraction of sp³-hybridized carbons (Fsp3) is 0.273. The number of furan rings is 1. The van der Waals surface area contributed by atoms with E-state index in [2.05, 4.69) is 29.0 Å². The Morgan fingerprint density at radius 3 is 2.47 bits per heavy atom. The molecule has 0 saturated carbocycles. The minimum atomic E-state index is -1.22. The molecule has 8 nitrogen and oxygen atoms in total. The summed E-state index contributed by atoms with van der Waals surface area (Å²) >= 11 is 0. The van der Waals surface area contributed by atoms with Crippen LogP contribution in [0, 0.1) is 23.7 Å². The predicted octanol–water partition coefficient (Wildman–Crippen LogP) is 1.29. The van der Waals surface area contributed by atoms with E-state index in [-0.39, 0.29) is 11.3 Å². The number of benzene rings is 1. The molecule has 0 fully saturated rings. The third kappa shape index (κ3) is 5.89. The van der Waals surface area contributed by atoms with Crippen molar-refractivity contribution in [2.75, 3.05) is 0 Å². The van der Waals surface area contributed by atoms with Crippen LogP contribution in [0.1, 0.15) is 48.2 Å². The van der Waals surface area contributed by atoms with Crippen molar-refractivity contribution in [2.45, 2.75) is 38.8 Å². The van der Waals surface area contributed by atoms with Gasteiger partial charge in [0.1, 0.15) is 17.6 Å². The van der Waals surface area contributed by atoms with Gasteiger partial charge in [-0.1, -0.05) is 12.8 Å². The highest BCUT2D eigenvalue weighted by atomic mass is 16.5. The second-order valence-corrected chi connectivity index (χ2v) is 7.06. The van der Waals surface area contributed by atoms with E-state index in [1.165, 1.54) is 37.5 Å². The Labute approximate surface area is 174 Å². The Kier molecular flexibility index (Phi) is 7.27. The number of carbonyl (C=O) groups is 2. The fourth-order valence-electron chi connectivity index (χ4n) is 2.50. The van der Waals surface area contributed by atoms with Gasteiger partial charge in [-0.15, -0.1) is 0 Å². The number of phenolic OH excluding ortho intramolecular Hbond substituents is 1. The lowest BCUT2D eigenvalue weighted by molar-refractivity contribution is -0.132. The smallest absolute Gasteiger partial charge is 0.267 e. The molecule has 0 aliphatic carbocycles. The molecule has 0 aliphatic rings.